The number of hydrogen-bond donors (Lipinski definition) is 0. The average molecular weight is 399 g/mol. The molecule has 1 atom stereocenters. The number of carbonyl (C=O) groups is 2. The maximum Gasteiger partial charge on any atom is 0.232 e. The van der Waals surface area contributed by atoms with Crippen molar-refractivity contribution in [1.82, 2.24) is 4.90 Å². The normalized spacial score (nSPS) is 20.0. The molecule has 2 amide bonds. The van der Waals surface area contributed by atoms with Crippen molar-refractivity contribution in [3.8, 4) is 5.75 Å². The Balaban J connectivity index is 1.54. The van der Waals surface area contributed by atoms with E-state index in [-0.39, 0.29) is 17.7 Å². The first kappa shape index (κ1) is 19.0. The molecule has 1 saturated heterocycles. The molecule has 1 aliphatic carbocycles. The van der Waals surface area contributed by atoms with E-state index in [4.69, 9.17) is 4.74 Å². The Kier molecular flexibility index (Phi) is 5.67. The number of amides is 2. The van der Waals surface area contributed by atoms with E-state index in [1.54, 1.807) is 18.4 Å². The second-order valence-electron chi connectivity index (χ2n) is 7.59. The van der Waals surface area contributed by atoms with Gasteiger partial charge >= 0.3 is 0 Å². The molecule has 0 bridgehead atoms. The monoisotopic (exact) mass is 398 g/mol. The molecule has 0 spiro atoms. The van der Waals surface area contributed by atoms with E-state index in [0.717, 1.165) is 29.2 Å². The fourth-order valence-electron chi connectivity index (χ4n) is 4.30. The van der Waals surface area contributed by atoms with Crippen LogP contribution in [0, 0.1) is 5.92 Å². The molecule has 2 aromatic rings. The smallest absolute Gasteiger partial charge is 0.232 e. The molecule has 0 N–H and O–H groups in total. The van der Waals surface area contributed by atoms with Gasteiger partial charge in [-0.3, -0.25) is 9.59 Å². The number of likely N-dealkylation sites (tertiary alicyclic amines) is 1. The van der Waals surface area contributed by atoms with Crippen LogP contribution in [0.5, 0.6) is 5.75 Å². The number of benzene rings is 1. The zero-order valence-corrected chi connectivity index (χ0v) is 17.0. The highest BCUT2D eigenvalue weighted by atomic mass is 32.1. The highest BCUT2D eigenvalue weighted by Gasteiger charge is 2.40. The molecule has 2 fully saturated rings. The Labute approximate surface area is 169 Å². The van der Waals surface area contributed by atoms with E-state index in [1.165, 1.54) is 12.8 Å². The number of hydrogen-bond acceptors (Lipinski definition) is 4. The first-order valence-electron chi connectivity index (χ1n) is 9.93. The summed E-state index contributed by atoms with van der Waals surface area (Å²) < 4.78 is 5.25. The van der Waals surface area contributed by atoms with Gasteiger partial charge < -0.3 is 14.5 Å². The summed E-state index contributed by atoms with van der Waals surface area (Å²) in [7, 11) is 1.63. The van der Waals surface area contributed by atoms with Crippen LogP contribution in [0.25, 0.3) is 0 Å². The standard InChI is InChI=1S/C22H26N2O3S/c1-27-19-10-8-18(9-11-19)24(15-20-7-4-12-28-20)22(26)16-13-21(25)23(14-16)17-5-2-3-6-17/h4,7-12,16-17H,2-3,5-6,13-15H2,1H3. The minimum absolute atomic E-state index is 0.0346. The lowest BCUT2D eigenvalue weighted by molar-refractivity contribution is -0.130. The summed E-state index contributed by atoms with van der Waals surface area (Å²) in [6, 6.07) is 11.9. The average Bonchev–Trinajstić information content (AvgIpc) is 3.47. The first-order valence-corrected chi connectivity index (χ1v) is 10.8. The molecule has 0 radical (unpaired) electrons. The molecule has 6 heteroatoms. The lowest BCUT2D eigenvalue weighted by atomic mass is 10.1. The van der Waals surface area contributed by atoms with E-state index in [1.807, 2.05) is 51.6 Å². The predicted octanol–water partition coefficient (Wildman–Crippen LogP) is 4.08. The minimum Gasteiger partial charge on any atom is -0.497 e. The van der Waals surface area contributed by atoms with Gasteiger partial charge in [0.25, 0.3) is 0 Å². The van der Waals surface area contributed by atoms with Gasteiger partial charge in [-0.25, -0.2) is 0 Å². The highest BCUT2D eigenvalue weighted by molar-refractivity contribution is 7.09. The fourth-order valence-corrected chi connectivity index (χ4v) is 5.00. The summed E-state index contributed by atoms with van der Waals surface area (Å²) in [6.07, 6.45) is 4.84. The molecular formula is C22H26N2O3S. The van der Waals surface area contributed by atoms with E-state index in [9.17, 15) is 9.59 Å². The molecule has 4 rings (SSSR count). The molecule has 5 nitrogen and oxygen atoms in total. The van der Waals surface area contributed by atoms with Gasteiger partial charge in [-0.2, -0.15) is 0 Å². The number of carbonyl (C=O) groups excluding carboxylic acids is 2. The van der Waals surface area contributed by atoms with Gasteiger partial charge in [-0.1, -0.05) is 18.9 Å². The number of rotatable bonds is 6. The van der Waals surface area contributed by atoms with E-state index >= 15 is 0 Å². The summed E-state index contributed by atoms with van der Waals surface area (Å²) in [5.74, 6) is 0.661. The number of methoxy groups -OCH3 is 1. The fraction of sp³-hybridized carbons (Fsp3) is 0.455. The minimum atomic E-state index is -0.268. The summed E-state index contributed by atoms with van der Waals surface area (Å²) in [4.78, 5) is 30.9. The van der Waals surface area contributed by atoms with E-state index in [0.29, 0.717) is 25.6 Å². The third-order valence-corrected chi connectivity index (χ3v) is 6.68. The second-order valence-corrected chi connectivity index (χ2v) is 8.62. The van der Waals surface area contributed by atoms with Gasteiger partial charge in [0.1, 0.15) is 5.75 Å². The van der Waals surface area contributed by atoms with Crippen molar-refractivity contribution in [1.29, 1.82) is 0 Å². The zero-order chi connectivity index (χ0) is 19.5. The molecule has 1 aromatic heterocycles. The molecule has 2 aliphatic rings. The van der Waals surface area contributed by atoms with Gasteiger partial charge in [0.2, 0.25) is 11.8 Å². The molecule has 1 aromatic carbocycles. The molecule has 1 aliphatic heterocycles. The van der Waals surface area contributed by atoms with Gasteiger partial charge in [0.05, 0.1) is 19.6 Å². The SMILES string of the molecule is COc1ccc(N(Cc2cccs2)C(=O)C2CC(=O)N(C3CCCC3)C2)cc1. The van der Waals surface area contributed by atoms with Crippen LogP contribution in [0.3, 0.4) is 0 Å². The van der Waals surface area contributed by atoms with Crippen LogP contribution in [0.1, 0.15) is 37.0 Å². The molecule has 1 unspecified atom stereocenters. The molecule has 2 heterocycles. The van der Waals surface area contributed by atoms with Crippen LogP contribution in [0.15, 0.2) is 41.8 Å². The Hall–Kier alpha value is -2.34. The van der Waals surface area contributed by atoms with Crippen molar-refractivity contribution < 1.29 is 14.3 Å². The van der Waals surface area contributed by atoms with Crippen LogP contribution < -0.4 is 9.64 Å². The third kappa shape index (κ3) is 3.92. The lowest BCUT2D eigenvalue weighted by Gasteiger charge is -2.27. The largest absolute Gasteiger partial charge is 0.497 e. The maximum absolute atomic E-state index is 13.5. The van der Waals surface area contributed by atoms with E-state index < -0.39 is 0 Å². The number of anilines is 1. The van der Waals surface area contributed by atoms with Crippen molar-refractivity contribution in [2.45, 2.75) is 44.7 Å². The quantitative estimate of drug-likeness (QED) is 0.737. The van der Waals surface area contributed by atoms with Crippen molar-refractivity contribution in [2.75, 3.05) is 18.6 Å². The van der Waals surface area contributed by atoms with E-state index in [2.05, 4.69) is 0 Å². The third-order valence-electron chi connectivity index (χ3n) is 5.82. The summed E-state index contributed by atoms with van der Waals surface area (Å²) in [6.45, 7) is 1.08. The van der Waals surface area contributed by atoms with Crippen molar-refractivity contribution in [3.63, 3.8) is 0 Å². The van der Waals surface area contributed by atoms with Gasteiger partial charge in [-0.05, 0) is 48.6 Å². The summed E-state index contributed by atoms with van der Waals surface area (Å²) in [5.41, 5.74) is 0.839. The van der Waals surface area contributed by atoms with Crippen LogP contribution in [-0.2, 0) is 16.1 Å². The predicted molar refractivity (Wildman–Crippen MR) is 111 cm³/mol. The van der Waals surface area contributed by atoms with Crippen LogP contribution in [0.4, 0.5) is 5.69 Å². The highest BCUT2D eigenvalue weighted by Crippen LogP contribution is 2.32. The first-order chi connectivity index (χ1) is 13.7. The molecule has 148 valence electrons. The van der Waals surface area contributed by atoms with Crippen LogP contribution in [0.2, 0.25) is 0 Å². The molecular weight excluding hydrogens is 372 g/mol. The Morgan fingerprint density at radius 3 is 2.61 bits per heavy atom. The number of nitrogens with zero attached hydrogens (tertiary/aromatic N) is 2. The van der Waals surface area contributed by atoms with Crippen molar-refractivity contribution in [3.05, 3.63) is 46.7 Å². The van der Waals surface area contributed by atoms with Crippen molar-refractivity contribution >= 4 is 28.8 Å². The van der Waals surface area contributed by atoms with Gasteiger partial charge in [-0.15, -0.1) is 11.3 Å². The topological polar surface area (TPSA) is 49.9 Å². The zero-order valence-electron chi connectivity index (χ0n) is 16.2. The maximum atomic E-state index is 13.5. The van der Waals surface area contributed by atoms with Crippen molar-refractivity contribution in [2.24, 2.45) is 5.92 Å². The summed E-state index contributed by atoms with van der Waals surface area (Å²) >= 11 is 1.64. The lowest BCUT2D eigenvalue weighted by Crippen LogP contribution is -2.39. The van der Waals surface area contributed by atoms with Gasteiger partial charge in [0.15, 0.2) is 0 Å². The Bertz CT molecular complexity index is 813. The van der Waals surface area contributed by atoms with Gasteiger partial charge in [0, 0.05) is 29.6 Å². The van der Waals surface area contributed by atoms with Crippen LogP contribution in [-0.4, -0.2) is 36.4 Å². The molecule has 1 saturated carbocycles. The Morgan fingerprint density at radius 2 is 1.96 bits per heavy atom. The molecule has 28 heavy (non-hydrogen) atoms. The van der Waals surface area contributed by atoms with Crippen LogP contribution >= 0.6 is 11.3 Å². The second kappa shape index (κ2) is 8.35. The number of thiophene rings is 1. The summed E-state index contributed by atoms with van der Waals surface area (Å²) in [5, 5.41) is 2.02. The Morgan fingerprint density at radius 1 is 1.21 bits per heavy atom. The number of ether oxygens (including phenoxy) is 1.